The molecule has 1 amide bonds. The minimum atomic E-state index is -4.87. The molecule has 3 unspecified atom stereocenters. The smallest absolute Gasteiger partial charge is 0.390 e. The van der Waals surface area contributed by atoms with E-state index >= 15 is 17.9 Å². The molecule has 25 nitrogen and oxygen atoms in total. The molecule has 0 radical (unpaired) electrons. The summed E-state index contributed by atoms with van der Waals surface area (Å²) in [5, 5.41) is 24.2. The number of carbonyl (C=O) groups excluding carboxylic acids is 1. The maximum atomic E-state index is 17.7. The Hall–Kier alpha value is -6.91. The van der Waals surface area contributed by atoms with Crippen molar-refractivity contribution in [3.05, 3.63) is 166 Å². The summed E-state index contributed by atoms with van der Waals surface area (Å²) in [4.78, 5) is 64.3. The number of benzene rings is 3. The molecule has 3 aliphatic rings. The zero-order chi connectivity index (χ0) is 55.6. The zero-order valence-electron chi connectivity index (χ0n) is 41.3. The molecule has 10 atom stereocenters. The Morgan fingerprint density at radius 1 is 0.759 bits per heavy atom. The molecule has 3 aliphatic heterocycles. The number of nitrogens with zero attached hydrogens (tertiary/aromatic N) is 11. The van der Waals surface area contributed by atoms with Gasteiger partial charge >= 0.3 is 13.6 Å². The molecule has 7 heterocycles. The van der Waals surface area contributed by atoms with Gasteiger partial charge in [0.15, 0.2) is 52.9 Å². The number of aryl methyl sites for hydroxylation is 1. The Morgan fingerprint density at radius 2 is 1.29 bits per heavy atom. The third-order valence-electron chi connectivity index (χ3n) is 12.5. The number of imidazole rings is 2. The monoisotopic (exact) mass is 1160 g/mol. The van der Waals surface area contributed by atoms with Crippen molar-refractivity contribution in [2.75, 3.05) is 31.3 Å². The van der Waals surface area contributed by atoms with Crippen molar-refractivity contribution in [1.82, 2.24) is 39.0 Å². The minimum Gasteiger partial charge on any atom is -0.472 e. The van der Waals surface area contributed by atoms with Gasteiger partial charge in [0.2, 0.25) is 5.88 Å². The number of anilines is 1. The Morgan fingerprint density at radius 3 is 1.84 bits per heavy atom. The molecular formula is C48H45F2N11O14P2S2. The van der Waals surface area contributed by atoms with Crippen molar-refractivity contribution in [3.63, 3.8) is 0 Å². The van der Waals surface area contributed by atoms with Gasteiger partial charge in [-0.05, 0) is 41.8 Å². The molecule has 0 saturated carbocycles. The number of hydrogen-bond donors (Lipinski definition) is 0. The third-order valence-corrected chi connectivity index (χ3v) is 19.8. The van der Waals surface area contributed by atoms with Crippen molar-refractivity contribution in [2.45, 2.75) is 67.6 Å². The van der Waals surface area contributed by atoms with Gasteiger partial charge in [0, 0.05) is 46.9 Å². The van der Waals surface area contributed by atoms with E-state index in [1.165, 1.54) is 87.4 Å². The van der Waals surface area contributed by atoms with Crippen molar-refractivity contribution >= 4 is 81.8 Å². The summed E-state index contributed by atoms with van der Waals surface area (Å²) in [6, 6.07) is 19.5. The molecule has 3 saturated heterocycles. The maximum Gasteiger partial charge on any atom is 0.390 e. The number of halogens is 2. The first-order chi connectivity index (χ1) is 38.1. The number of carbonyl (C=O) groups is 1. The summed E-state index contributed by atoms with van der Waals surface area (Å²) in [5.41, 5.74) is -0.0344. The number of alkyl halides is 2. The van der Waals surface area contributed by atoms with Crippen molar-refractivity contribution in [2.24, 2.45) is 0 Å². The van der Waals surface area contributed by atoms with Crippen LogP contribution in [0.5, 0.6) is 5.88 Å². The third kappa shape index (κ3) is 11.5. The molecule has 0 N–H and O–H groups in total. The Kier molecular flexibility index (Phi) is 16.4. The standard InChI is InChI=1S/C48H45F2N11O14P2S2/c1-4-19-57(46(62)29-13-7-6-8-14-29)42-38-43(52-25-51-42)58(26-53-38)47-36(49)40-34(72-47)21-70-77(68,79-24-31-16-10-12-18-33(31)61(65)66)75-41-35(22-71-76(67,74-40)78-23-30-15-9-11-17-32(30)60(63)64)73-48(37(41)50)59-27-54-39-44(59)55-28(3)56-45(39)69-20-5-2/h4-18,25-27,34-37,40-41,47-48H,1-2,19-24H2,3H3/t34?,35-,36-,37-,40-,41-,47-,48-,76?,77?/m1/s1. The number of nitro benzene ring substituents is 2. The SMILES string of the molecule is C=CCOc1nc(C)nc2c1ncn2[C@@H]1O[C@@H]2COP(=O)(SCc3ccccc3[N+](=O)[O-])O[C@@H]3C(COP(=O)(SCc4ccccc4[N+](=O)[O-])O[C@H]2[C@H]1F)O[C@@H](n1cnc2c(N(CC=C)C(=O)c4ccccc4)ncnc21)[C@@H]3F. The van der Waals surface area contributed by atoms with Gasteiger partial charge in [0.25, 0.3) is 17.3 Å². The first kappa shape index (κ1) is 55.4. The van der Waals surface area contributed by atoms with Crippen molar-refractivity contribution in [1.29, 1.82) is 0 Å². The molecule has 7 aromatic rings. The Bertz CT molecular complexity index is 3570. The second kappa shape index (κ2) is 23.4. The minimum absolute atomic E-state index is 0.0249. The van der Waals surface area contributed by atoms with Gasteiger partial charge in [-0.25, -0.2) is 42.8 Å². The normalized spacial score (nSPS) is 26.1. The van der Waals surface area contributed by atoms with E-state index in [9.17, 15) is 25.0 Å². The van der Waals surface area contributed by atoms with Gasteiger partial charge in [-0.3, -0.25) is 57.2 Å². The van der Waals surface area contributed by atoms with E-state index < -0.39 is 103 Å². The molecule has 3 fully saturated rings. The quantitative estimate of drug-likeness (QED) is 0.0354. The maximum absolute atomic E-state index is 17.7. The first-order valence-electron chi connectivity index (χ1n) is 23.9. The van der Waals surface area contributed by atoms with Crippen molar-refractivity contribution in [3.8, 4) is 5.88 Å². The van der Waals surface area contributed by atoms with Crippen LogP contribution in [0.2, 0.25) is 0 Å². The molecule has 79 heavy (non-hydrogen) atoms. The lowest BCUT2D eigenvalue weighted by atomic mass is 10.1. The highest BCUT2D eigenvalue weighted by molar-refractivity contribution is 8.55. The Labute approximate surface area is 454 Å². The second-order valence-corrected chi connectivity index (χ2v) is 25.6. The van der Waals surface area contributed by atoms with Gasteiger partial charge in [-0.1, -0.05) is 73.3 Å². The second-order valence-electron chi connectivity index (χ2n) is 17.6. The zero-order valence-corrected chi connectivity index (χ0v) is 44.7. The molecule has 0 spiro atoms. The average molecular weight is 1160 g/mol. The van der Waals surface area contributed by atoms with Crippen LogP contribution in [0.25, 0.3) is 22.3 Å². The van der Waals surface area contributed by atoms with Crippen LogP contribution in [0, 0.1) is 27.2 Å². The van der Waals surface area contributed by atoms with E-state index in [1.54, 1.807) is 37.3 Å². The molecular weight excluding hydrogens is 1120 g/mol. The van der Waals surface area contributed by atoms with E-state index in [0.717, 1.165) is 6.33 Å². The summed E-state index contributed by atoms with van der Waals surface area (Å²) < 4.78 is 111. The first-order valence-corrected chi connectivity index (χ1v) is 30.1. The lowest BCUT2D eigenvalue weighted by Crippen LogP contribution is -2.37. The molecule has 3 aromatic carbocycles. The number of rotatable bonds is 17. The largest absolute Gasteiger partial charge is 0.472 e. The average Bonchev–Trinajstić information content (AvgIpc) is 4.41. The summed E-state index contributed by atoms with van der Waals surface area (Å²) in [6.07, 6.45) is -8.77. The van der Waals surface area contributed by atoms with Gasteiger partial charge < -0.3 is 14.2 Å². The van der Waals surface area contributed by atoms with Crippen LogP contribution in [0.4, 0.5) is 26.0 Å². The highest BCUT2D eigenvalue weighted by atomic mass is 32.7. The lowest BCUT2D eigenvalue weighted by molar-refractivity contribution is -0.385. The molecule has 412 valence electrons. The number of amides is 1. The summed E-state index contributed by atoms with van der Waals surface area (Å²) >= 11 is 0.909. The van der Waals surface area contributed by atoms with Gasteiger partial charge in [0.1, 0.15) is 43.2 Å². The van der Waals surface area contributed by atoms with Gasteiger partial charge in [0.05, 0.1) is 35.7 Å². The number of fused-ring (bicyclic) bond motifs is 4. The van der Waals surface area contributed by atoms with E-state index in [0.29, 0.717) is 28.3 Å². The van der Waals surface area contributed by atoms with E-state index in [2.05, 4.69) is 43.1 Å². The molecule has 4 aromatic heterocycles. The summed E-state index contributed by atoms with van der Waals surface area (Å²) in [5.74, 6) is -0.974. The molecule has 31 heteroatoms. The summed E-state index contributed by atoms with van der Waals surface area (Å²) in [6.45, 7) is -2.48. The fraction of sp³-hybridized carbons (Fsp3) is 0.312. The number of aromatic nitrogens is 8. The Balaban J connectivity index is 1.03. The highest BCUT2D eigenvalue weighted by Gasteiger charge is 2.56. The fourth-order valence-electron chi connectivity index (χ4n) is 8.87. The number of nitro groups is 2. The molecule has 0 bridgehead atoms. The van der Waals surface area contributed by atoms with Crippen LogP contribution in [0.15, 0.2) is 123 Å². The van der Waals surface area contributed by atoms with Crippen molar-refractivity contribution < 1.29 is 64.9 Å². The number of para-hydroxylation sites is 2. The van der Waals surface area contributed by atoms with E-state index in [4.69, 9.17) is 32.3 Å². The van der Waals surface area contributed by atoms with E-state index in [-0.39, 0.29) is 75.5 Å². The van der Waals surface area contributed by atoms with Crippen LogP contribution in [-0.2, 0) is 48.2 Å². The lowest BCUT2D eigenvalue weighted by Gasteiger charge is -2.30. The van der Waals surface area contributed by atoms with Crippen LogP contribution in [0.3, 0.4) is 0 Å². The fourth-order valence-corrected chi connectivity index (χ4v) is 15.7. The summed E-state index contributed by atoms with van der Waals surface area (Å²) in [7, 11) is 0. The van der Waals surface area contributed by atoms with Gasteiger partial charge in [-0.15, -0.1) is 6.58 Å². The topological polar surface area (TPSA) is 293 Å². The van der Waals surface area contributed by atoms with Crippen LogP contribution in [-0.4, -0.2) is 118 Å². The predicted octanol–water partition coefficient (Wildman–Crippen LogP) is 9.56. The number of hydrogen-bond acceptors (Lipinski definition) is 22. The molecule has 0 aliphatic carbocycles. The number of ether oxygens (including phenoxy) is 3. The van der Waals surface area contributed by atoms with Crippen LogP contribution < -0.4 is 9.64 Å². The molecule has 10 rings (SSSR count). The highest BCUT2D eigenvalue weighted by Crippen LogP contribution is 2.67. The van der Waals surface area contributed by atoms with Crippen LogP contribution in [0.1, 0.15) is 39.8 Å². The predicted molar refractivity (Wildman–Crippen MR) is 283 cm³/mol. The van der Waals surface area contributed by atoms with Crippen LogP contribution >= 0.6 is 36.4 Å². The van der Waals surface area contributed by atoms with E-state index in [1.807, 2.05) is 0 Å². The van der Waals surface area contributed by atoms with Gasteiger partial charge in [-0.2, -0.15) is 4.98 Å².